The van der Waals surface area contributed by atoms with E-state index in [4.69, 9.17) is 16.3 Å². The second-order valence-corrected chi connectivity index (χ2v) is 7.05. The molecule has 142 valence electrons. The molecule has 0 radical (unpaired) electrons. The molecule has 2 aromatic rings. The van der Waals surface area contributed by atoms with Crippen LogP contribution in [0, 0.1) is 0 Å². The fraction of sp³-hybridized carbons (Fsp3) is 0.300. The number of amides is 2. The first-order valence-electron chi connectivity index (χ1n) is 8.71. The number of benzene rings is 2. The lowest BCUT2D eigenvalue weighted by molar-refractivity contribution is -0.136. The minimum absolute atomic E-state index is 0.0526. The first kappa shape index (κ1) is 19.2. The summed E-state index contributed by atoms with van der Waals surface area (Å²) in [4.78, 5) is 26.3. The third kappa shape index (κ3) is 4.78. The van der Waals surface area contributed by atoms with Crippen molar-refractivity contribution in [3.05, 3.63) is 58.6 Å². The summed E-state index contributed by atoms with van der Waals surface area (Å²) in [6, 6.07) is 12.6. The molecule has 7 heteroatoms. The normalized spacial score (nSPS) is 13.6. The van der Waals surface area contributed by atoms with E-state index in [9.17, 15) is 9.59 Å². The number of halogens is 1. The van der Waals surface area contributed by atoms with E-state index in [0.29, 0.717) is 23.9 Å². The van der Waals surface area contributed by atoms with Crippen molar-refractivity contribution in [3.8, 4) is 5.75 Å². The van der Waals surface area contributed by atoms with Crippen molar-refractivity contribution in [2.24, 2.45) is 0 Å². The van der Waals surface area contributed by atoms with Crippen molar-refractivity contribution in [3.63, 3.8) is 0 Å². The van der Waals surface area contributed by atoms with Gasteiger partial charge in [-0.05, 0) is 55.6 Å². The molecule has 1 atom stereocenters. The lowest BCUT2D eigenvalue weighted by atomic mass is 10.0. The first-order valence-corrected chi connectivity index (χ1v) is 9.08. The molecule has 27 heavy (non-hydrogen) atoms. The summed E-state index contributed by atoms with van der Waals surface area (Å²) in [6.45, 7) is 1.02. The van der Waals surface area contributed by atoms with E-state index >= 15 is 0 Å². The van der Waals surface area contributed by atoms with Crippen LogP contribution >= 0.6 is 11.6 Å². The number of likely N-dealkylation sites (N-methyl/N-ethyl adjacent to an activating group) is 1. The van der Waals surface area contributed by atoms with Crippen molar-refractivity contribution in [1.82, 2.24) is 10.2 Å². The van der Waals surface area contributed by atoms with Gasteiger partial charge in [-0.15, -0.1) is 0 Å². The Bertz CT molecular complexity index is 837. The number of carbonyl (C=O) groups excluding carboxylic acids is 2. The van der Waals surface area contributed by atoms with Gasteiger partial charge in [0.05, 0.1) is 12.6 Å². The summed E-state index contributed by atoms with van der Waals surface area (Å²) in [7, 11) is 3.88. The third-order valence-electron chi connectivity index (χ3n) is 4.49. The molecule has 2 N–H and O–H groups in total. The summed E-state index contributed by atoms with van der Waals surface area (Å²) in [5.41, 5.74) is 2.76. The van der Waals surface area contributed by atoms with Crippen LogP contribution in [-0.2, 0) is 16.0 Å². The molecule has 1 aliphatic heterocycles. The molecule has 0 aromatic heterocycles. The van der Waals surface area contributed by atoms with Gasteiger partial charge >= 0.3 is 11.8 Å². The molecule has 2 amide bonds. The molecule has 0 spiro atoms. The van der Waals surface area contributed by atoms with Crippen molar-refractivity contribution in [2.45, 2.75) is 12.5 Å². The summed E-state index contributed by atoms with van der Waals surface area (Å²) in [5, 5.41) is 5.83. The minimum Gasteiger partial charge on any atom is -0.493 e. The molecule has 1 unspecified atom stereocenters. The summed E-state index contributed by atoms with van der Waals surface area (Å²) in [5.74, 6) is -0.471. The summed E-state index contributed by atoms with van der Waals surface area (Å²) >= 11 is 5.81. The highest BCUT2D eigenvalue weighted by molar-refractivity contribution is 6.39. The van der Waals surface area contributed by atoms with E-state index in [1.807, 2.05) is 31.1 Å². The predicted molar refractivity (Wildman–Crippen MR) is 105 cm³/mol. The minimum atomic E-state index is -0.711. The maximum atomic E-state index is 12.2. The van der Waals surface area contributed by atoms with Crippen LogP contribution in [0.4, 0.5) is 5.69 Å². The molecule has 6 nitrogen and oxygen atoms in total. The van der Waals surface area contributed by atoms with Gasteiger partial charge in [-0.1, -0.05) is 23.7 Å². The molecule has 3 rings (SSSR count). The monoisotopic (exact) mass is 387 g/mol. The standard InChI is InChI=1S/C20H22ClN3O3/c1-24(2)17(13-3-8-18-14(11-13)9-10-27-18)12-22-19(25)20(26)23-16-6-4-15(21)5-7-16/h3-8,11,17H,9-10,12H2,1-2H3,(H,22,25)(H,23,26). The maximum Gasteiger partial charge on any atom is 0.313 e. The Morgan fingerprint density at radius 3 is 2.59 bits per heavy atom. The van der Waals surface area contributed by atoms with Crippen molar-refractivity contribution < 1.29 is 14.3 Å². The molecule has 0 saturated heterocycles. The molecular weight excluding hydrogens is 366 g/mol. The lowest BCUT2D eigenvalue weighted by Gasteiger charge is -2.25. The number of ether oxygens (including phenoxy) is 1. The van der Waals surface area contributed by atoms with Gasteiger partial charge in [-0.25, -0.2) is 0 Å². The zero-order chi connectivity index (χ0) is 19.4. The van der Waals surface area contributed by atoms with Crippen LogP contribution in [0.5, 0.6) is 5.75 Å². The number of hydrogen-bond donors (Lipinski definition) is 2. The number of hydrogen-bond acceptors (Lipinski definition) is 4. The van der Waals surface area contributed by atoms with Crippen LogP contribution in [0.3, 0.4) is 0 Å². The molecule has 0 fully saturated rings. The Labute approximate surface area is 163 Å². The van der Waals surface area contributed by atoms with Crippen LogP contribution in [0.1, 0.15) is 17.2 Å². The number of rotatable bonds is 5. The highest BCUT2D eigenvalue weighted by Crippen LogP contribution is 2.29. The lowest BCUT2D eigenvalue weighted by Crippen LogP contribution is -2.40. The Hall–Kier alpha value is -2.57. The van der Waals surface area contributed by atoms with E-state index in [1.54, 1.807) is 24.3 Å². The molecular formula is C20H22ClN3O3. The van der Waals surface area contributed by atoms with Crippen LogP contribution < -0.4 is 15.4 Å². The van der Waals surface area contributed by atoms with Crippen molar-refractivity contribution in [2.75, 3.05) is 32.6 Å². The second kappa shape index (κ2) is 8.41. The quantitative estimate of drug-likeness (QED) is 0.774. The van der Waals surface area contributed by atoms with E-state index in [2.05, 4.69) is 16.7 Å². The number of carbonyl (C=O) groups is 2. The SMILES string of the molecule is CN(C)C(CNC(=O)C(=O)Nc1ccc(Cl)cc1)c1ccc2c(c1)CCO2. The zero-order valence-electron chi connectivity index (χ0n) is 15.3. The fourth-order valence-corrected chi connectivity index (χ4v) is 3.13. The Morgan fingerprint density at radius 2 is 1.89 bits per heavy atom. The zero-order valence-corrected chi connectivity index (χ0v) is 16.0. The molecule has 1 aliphatic rings. The molecule has 1 heterocycles. The Morgan fingerprint density at radius 1 is 1.15 bits per heavy atom. The maximum absolute atomic E-state index is 12.2. The van der Waals surface area contributed by atoms with E-state index in [0.717, 1.165) is 17.7 Å². The summed E-state index contributed by atoms with van der Waals surface area (Å²) < 4.78 is 5.54. The molecule has 0 aliphatic carbocycles. The van der Waals surface area contributed by atoms with Crippen LogP contribution in [0.25, 0.3) is 0 Å². The molecule has 2 aromatic carbocycles. The van der Waals surface area contributed by atoms with Crippen LogP contribution in [-0.4, -0.2) is 44.0 Å². The van der Waals surface area contributed by atoms with E-state index in [-0.39, 0.29) is 6.04 Å². The van der Waals surface area contributed by atoms with Gasteiger partial charge in [0.1, 0.15) is 5.75 Å². The Balaban J connectivity index is 1.61. The Kier molecular flexibility index (Phi) is 5.98. The predicted octanol–water partition coefficient (Wildman–Crippen LogP) is 2.63. The highest BCUT2D eigenvalue weighted by Gasteiger charge is 2.21. The van der Waals surface area contributed by atoms with Gasteiger partial charge < -0.3 is 20.3 Å². The fourth-order valence-electron chi connectivity index (χ4n) is 3.00. The molecule has 0 bridgehead atoms. The highest BCUT2D eigenvalue weighted by atomic mass is 35.5. The number of nitrogens with zero attached hydrogens (tertiary/aromatic N) is 1. The average molecular weight is 388 g/mol. The smallest absolute Gasteiger partial charge is 0.313 e. The summed E-state index contributed by atoms with van der Waals surface area (Å²) in [6.07, 6.45) is 0.888. The third-order valence-corrected chi connectivity index (χ3v) is 4.74. The van der Waals surface area contributed by atoms with Crippen LogP contribution in [0.15, 0.2) is 42.5 Å². The van der Waals surface area contributed by atoms with Crippen molar-refractivity contribution >= 4 is 29.1 Å². The van der Waals surface area contributed by atoms with Crippen LogP contribution in [0.2, 0.25) is 5.02 Å². The second-order valence-electron chi connectivity index (χ2n) is 6.62. The van der Waals surface area contributed by atoms with E-state index in [1.165, 1.54) is 5.56 Å². The van der Waals surface area contributed by atoms with E-state index < -0.39 is 11.8 Å². The van der Waals surface area contributed by atoms with Gasteiger partial charge in [-0.3, -0.25) is 9.59 Å². The van der Waals surface area contributed by atoms with Crippen molar-refractivity contribution in [1.29, 1.82) is 0 Å². The average Bonchev–Trinajstić information content (AvgIpc) is 3.11. The first-order chi connectivity index (χ1) is 12.9. The number of fused-ring (bicyclic) bond motifs is 1. The van der Waals surface area contributed by atoms with Gasteiger partial charge in [0.2, 0.25) is 0 Å². The number of nitrogens with one attached hydrogen (secondary N) is 2. The van der Waals surface area contributed by atoms with Gasteiger partial charge in [0.15, 0.2) is 0 Å². The van der Waals surface area contributed by atoms with Gasteiger partial charge in [0.25, 0.3) is 0 Å². The largest absolute Gasteiger partial charge is 0.493 e. The molecule has 0 saturated carbocycles. The van der Waals surface area contributed by atoms with Gasteiger partial charge in [-0.2, -0.15) is 0 Å². The van der Waals surface area contributed by atoms with Gasteiger partial charge in [0, 0.05) is 23.7 Å². The topological polar surface area (TPSA) is 70.7 Å². The number of anilines is 1.